The van der Waals surface area contributed by atoms with E-state index in [1.807, 2.05) is 17.6 Å². The Hall–Kier alpha value is -2.10. The molecule has 0 radical (unpaired) electrons. The van der Waals surface area contributed by atoms with Crippen molar-refractivity contribution in [2.24, 2.45) is 0 Å². The molecule has 0 aliphatic carbocycles. The van der Waals surface area contributed by atoms with Gasteiger partial charge in [0, 0.05) is 24.2 Å². The van der Waals surface area contributed by atoms with Crippen LogP contribution in [0, 0.1) is 0 Å². The molecule has 0 spiro atoms. The van der Waals surface area contributed by atoms with Gasteiger partial charge in [-0.3, -0.25) is 9.59 Å². The summed E-state index contributed by atoms with van der Waals surface area (Å²) in [6.07, 6.45) is 1.62. The number of hydrogen-bond acceptors (Lipinski definition) is 3. The Kier molecular flexibility index (Phi) is 3.19. The molecule has 0 aliphatic heterocycles. The van der Waals surface area contributed by atoms with Crippen LogP contribution in [0.3, 0.4) is 0 Å². The zero-order chi connectivity index (χ0) is 13.3. The summed E-state index contributed by atoms with van der Waals surface area (Å²) in [5.41, 5.74) is 0.797. The summed E-state index contributed by atoms with van der Waals surface area (Å²) in [7, 11) is 1.58. The van der Waals surface area contributed by atoms with Crippen molar-refractivity contribution in [1.29, 1.82) is 0 Å². The van der Waals surface area contributed by atoms with Crippen LogP contribution in [-0.2, 0) is 6.54 Å². The summed E-state index contributed by atoms with van der Waals surface area (Å²) in [5.74, 6) is 0.486. The first-order valence-corrected chi connectivity index (χ1v) is 5.80. The Labute approximate surface area is 105 Å². The Bertz CT molecular complexity index is 671. The summed E-state index contributed by atoms with van der Waals surface area (Å²) in [5, 5.41) is 0.547. The lowest BCUT2D eigenvalue weighted by molar-refractivity contribution is 0.101. The fourth-order valence-electron chi connectivity index (χ4n) is 2.01. The van der Waals surface area contributed by atoms with Crippen molar-refractivity contribution in [2.45, 2.75) is 20.4 Å². The van der Waals surface area contributed by atoms with Crippen LogP contribution in [0.25, 0.3) is 10.9 Å². The fraction of sp³-hybridized carbons (Fsp3) is 0.286. The predicted octanol–water partition coefficient (Wildman–Crippen LogP) is 2.23. The van der Waals surface area contributed by atoms with Gasteiger partial charge in [-0.1, -0.05) is 0 Å². The molecule has 94 valence electrons. The van der Waals surface area contributed by atoms with Crippen LogP contribution < -0.4 is 10.2 Å². The number of fused-ring (bicyclic) bond motifs is 1. The van der Waals surface area contributed by atoms with Crippen LogP contribution in [0.4, 0.5) is 0 Å². The second kappa shape index (κ2) is 4.64. The summed E-state index contributed by atoms with van der Waals surface area (Å²) in [6.45, 7) is 4.06. The maximum Gasteiger partial charge on any atom is 0.200 e. The summed E-state index contributed by atoms with van der Waals surface area (Å²) >= 11 is 0. The highest BCUT2D eigenvalue weighted by atomic mass is 16.5. The van der Waals surface area contributed by atoms with Crippen molar-refractivity contribution < 1.29 is 9.53 Å². The minimum atomic E-state index is -0.218. The molecule has 1 heterocycles. The van der Waals surface area contributed by atoms with Crippen LogP contribution in [0.5, 0.6) is 5.75 Å². The van der Waals surface area contributed by atoms with Crippen LogP contribution in [0.1, 0.15) is 24.2 Å². The molecule has 2 aromatic rings. The number of pyridine rings is 1. The number of aromatic nitrogens is 1. The number of aryl methyl sites for hydroxylation is 1. The van der Waals surface area contributed by atoms with Crippen molar-refractivity contribution in [3.8, 4) is 5.75 Å². The van der Waals surface area contributed by atoms with E-state index in [9.17, 15) is 9.59 Å². The van der Waals surface area contributed by atoms with Crippen molar-refractivity contribution in [2.75, 3.05) is 7.11 Å². The fourth-order valence-corrected chi connectivity index (χ4v) is 2.01. The molecule has 2 rings (SSSR count). The standard InChI is InChI=1S/C14H15NO3/c1-4-15-8-12(9(2)16)14(17)11-6-5-10(18-3)7-13(11)15/h5-8H,4H2,1-3H3. The average Bonchev–Trinajstić information content (AvgIpc) is 2.38. The SMILES string of the molecule is CCn1cc(C(C)=O)c(=O)c2ccc(OC)cc21. The Morgan fingerprint density at radius 1 is 1.39 bits per heavy atom. The third-order valence-electron chi connectivity index (χ3n) is 3.01. The number of ether oxygens (including phenoxy) is 1. The van der Waals surface area contributed by atoms with E-state index in [4.69, 9.17) is 4.74 Å². The number of Topliss-reactive ketones (excluding diaryl/α,β-unsaturated/α-hetero) is 1. The molecule has 0 aliphatic rings. The van der Waals surface area contributed by atoms with E-state index < -0.39 is 0 Å². The lowest BCUT2D eigenvalue weighted by Crippen LogP contribution is -2.17. The van der Waals surface area contributed by atoms with Crippen molar-refractivity contribution in [1.82, 2.24) is 4.57 Å². The molecule has 0 amide bonds. The minimum Gasteiger partial charge on any atom is -0.497 e. The van der Waals surface area contributed by atoms with E-state index in [1.165, 1.54) is 6.92 Å². The summed E-state index contributed by atoms with van der Waals surface area (Å²) < 4.78 is 7.04. The van der Waals surface area contributed by atoms with Gasteiger partial charge < -0.3 is 9.30 Å². The van der Waals surface area contributed by atoms with Gasteiger partial charge in [-0.25, -0.2) is 0 Å². The van der Waals surface area contributed by atoms with E-state index in [2.05, 4.69) is 0 Å². The number of hydrogen-bond donors (Lipinski definition) is 0. The zero-order valence-corrected chi connectivity index (χ0v) is 10.7. The molecule has 0 saturated heterocycles. The van der Waals surface area contributed by atoms with Gasteiger partial charge in [0.05, 0.1) is 18.2 Å². The quantitative estimate of drug-likeness (QED) is 0.779. The monoisotopic (exact) mass is 245 g/mol. The Balaban J connectivity index is 2.88. The van der Waals surface area contributed by atoms with Gasteiger partial charge in [0.25, 0.3) is 0 Å². The maximum atomic E-state index is 12.2. The highest BCUT2D eigenvalue weighted by Gasteiger charge is 2.12. The van der Waals surface area contributed by atoms with E-state index in [0.29, 0.717) is 17.7 Å². The first kappa shape index (κ1) is 12.4. The smallest absolute Gasteiger partial charge is 0.200 e. The third kappa shape index (κ3) is 1.90. The van der Waals surface area contributed by atoms with Gasteiger partial charge in [0.15, 0.2) is 11.2 Å². The molecule has 1 aromatic heterocycles. The maximum absolute atomic E-state index is 12.2. The molecule has 4 nitrogen and oxygen atoms in total. The van der Waals surface area contributed by atoms with Gasteiger partial charge in [-0.05, 0) is 26.0 Å². The number of methoxy groups -OCH3 is 1. The molecule has 0 N–H and O–H groups in total. The topological polar surface area (TPSA) is 48.3 Å². The highest BCUT2D eigenvalue weighted by molar-refractivity contribution is 5.97. The summed E-state index contributed by atoms with van der Waals surface area (Å²) in [4.78, 5) is 23.6. The molecule has 0 bridgehead atoms. The molecule has 18 heavy (non-hydrogen) atoms. The van der Waals surface area contributed by atoms with Gasteiger partial charge in [-0.15, -0.1) is 0 Å². The average molecular weight is 245 g/mol. The Morgan fingerprint density at radius 3 is 2.67 bits per heavy atom. The zero-order valence-electron chi connectivity index (χ0n) is 10.7. The number of ketones is 1. The molecule has 1 aromatic carbocycles. The van der Waals surface area contributed by atoms with E-state index >= 15 is 0 Å². The van der Waals surface area contributed by atoms with Gasteiger partial charge >= 0.3 is 0 Å². The molecule has 0 unspecified atom stereocenters. The van der Waals surface area contributed by atoms with Gasteiger partial charge in [0.1, 0.15) is 5.75 Å². The molecular weight excluding hydrogens is 230 g/mol. The largest absolute Gasteiger partial charge is 0.497 e. The Morgan fingerprint density at radius 2 is 2.11 bits per heavy atom. The van der Waals surface area contributed by atoms with Crippen LogP contribution in [-0.4, -0.2) is 17.5 Å². The van der Waals surface area contributed by atoms with Crippen LogP contribution in [0.2, 0.25) is 0 Å². The van der Waals surface area contributed by atoms with Crippen LogP contribution in [0.15, 0.2) is 29.2 Å². The number of carbonyl (C=O) groups is 1. The molecule has 0 saturated carbocycles. The van der Waals surface area contributed by atoms with E-state index in [0.717, 1.165) is 5.52 Å². The molecular formula is C14H15NO3. The first-order valence-electron chi connectivity index (χ1n) is 5.80. The second-order valence-electron chi connectivity index (χ2n) is 4.10. The van der Waals surface area contributed by atoms with Crippen LogP contribution >= 0.6 is 0 Å². The summed E-state index contributed by atoms with van der Waals surface area (Å²) in [6, 6.07) is 5.24. The molecule has 0 atom stereocenters. The van der Waals surface area contributed by atoms with Crippen molar-refractivity contribution in [3.63, 3.8) is 0 Å². The van der Waals surface area contributed by atoms with E-state index in [-0.39, 0.29) is 16.8 Å². The highest BCUT2D eigenvalue weighted by Crippen LogP contribution is 2.19. The number of nitrogens with zero attached hydrogens (tertiary/aromatic N) is 1. The minimum absolute atomic E-state index is 0.208. The lowest BCUT2D eigenvalue weighted by Gasteiger charge is -2.11. The normalized spacial score (nSPS) is 10.6. The number of rotatable bonds is 3. The number of carbonyl (C=O) groups excluding carboxylic acids is 1. The predicted molar refractivity (Wildman–Crippen MR) is 70.4 cm³/mol. The van der Waals surface area contributed by atoms with E-state index in [1.54, 1.807) is 25.4 Å². The lowest BCUT2D eigenvalue weighted by atomic mass is 10.1. The molecule has 0 fully saturated rings. The molecule has 4 heteroatoms. The van der Waals surface area contributed by atoms with Gasteiger partial charge in [-0.2, -0.15) is 0 Å². The number of benzene rings is 1. The second-order valence-corrected chi connectivity index (χ2v) is 4.10. The van der Waals surface area contributed by atoms with Gasteiger partial charge in [0.2, 0.25) is 0 Å². The first-order chi connectivity index (χ1) is 8.58. The van der Waals surface area contributed by atoms with Crippen molar-refractivity contribution in [3.05, 3.63) is 40.2 Å². The van der Waals surface area contributed by atoms with Crippen molar-refractivity contribution >= 4 is 16.7 Å². The third-order valence-corrected chi connectivity index (χ3v) is 3.01.